The standard InChI is InChI=1S/C25H24N6O5S/c1-4-31(25-27-13(2)20(37-25)24(34)35-12-32)23(33)17-9-18(10-17)29-22-19-11-16(21-28-14(3)36-30-21)6-5-15(19)7-8-26-22/h5-8,11-12,17-18H,4,9-10H2,1-3H3,(H,26,29)/t17-,18+. The van der Waals surface area contributed by atoms with E-state index in [0.29, 0.717) is 41.9 Å². The number of nitrogens with one attached hydrogen (secondary N) is 1. The molecule has 0 atom stereocenters. The number of hydrogen-bond acceptors (Lipinski definition) is 11. The van der Waals surface area contributed by atoms with Crippen molar-refractivity contribution in [3.63, 3.8) is 0 Å². The number of pyridine rings is 1. The summed E-state index contributed by atoms with van der Waals surface area (Å²) in [5.74, 6) is 0.744. The van der Waals surface area contributed by atoms with Crippen molar-refractivity contribution in [3.05, 3.63) is 46.9 Å². The Morgan fingerprint density at radius 3 is 2.76 bits per heavy atom. The van der Waals surface area contributed by atoms with Crippen LogP contribution in [0, 0.1) is 19.8 Å². The van der Waals surface area contributed by atoms with E-state index in [0.717, 1.165) is 33.5 Å². The van der Waals surface area contributed by atoms with Crippen molar-refractivity contribution < 1.29 is 23.6 Å². The quantitative estimate of drug-likeness (QED) is 0.206. The minimum atomic E-state index is -0.770. The summed E-state index contributed by atoms with van der Waals surface area (Å²) in [6.45, 7) is 5.74. The number of fused-ring (bicyclic) bond motifs is 1. The lowest BCUT2D eigenvalue weighted by Gasteiger charge is -2.37. The van der Waals surface area contributed by atoms with Crippen molar-refractivity contribution in [2.24, 2.45) is 5.92 Å². The maximum atomic E-state index is 13.2. The molecule has 12 heteroatoms. The molecule has 0 spiro atoms. The Bertz CT molecular complexity index is 1490. The summed E-state index contributed by atoms with van der Waals surface area (Å²) >= 11 is 1.04. The first-order valence-electron chi connectivity index (χ1n) is 11.8. The number of carbonyl (C=O) groups excluding carboxylic acids is 3. The molecule has 3 heterocycles. The van der Waals surface area contributed by atoms with Crippen molar-refractivity contribution in [3.8, 4) is 11.4 Å². The van der Waals surface area contributed by atoms with Gasteiger partial charge >= 0.3 is 12.4 Å². The number of aryl methyl sites for hydroxylation is 2. The molecule has 0 radical (unpaired) electrons. The molecule has 1 amide bonds. The number of nitrogens with zero attached hydrogens (tertiary/aromatic N) is 5. The van der Waals surface area contributed by atoms with Gasteiger partial charge in [0.15, 0.2) is 5.13 Å². The lowest BCUT2D eigenvalue weighted by molar-refractivity contribution is -0.125. The molecule has 1 aromatic carbocycles. The number of anilines is 2. The van der Waals surface area contributed by atoms with Gasteiger partial charge in [-0.05, 0) is 44.2 Å². The normalized spacial score (nSPS) is 16.7. The highest BCUT2D eigenvalue weighted by Crippen LogP contribution is 2.36. The number of esters is 1. The van der Waals surface area contributed by atoms with Crippen LogP contribution in [0.3, 0.4) is 0 Å². The number of ether oxygens (including phenoxy) is 1. The minimum Gasteiger partial charge on any atom is -0.391 e. The molecular formula is C25H24N6O5S. The fourth-order valence-corrected chi connectivity index (χ4v) is 5.38. The van der Waals surface area contributed by atoms with Crippen LogP contribution in [0.2, 0.25) is 0 Å². The lowest BCUT2D eigenvalue weighted by Crippen LogP contribution is -2.46. The van der Waals surface area contributed by atoms with Gasteiger partial charge in [0.25, 0.3) is 0 Å². The molecular weight excluding hydrogens is 496 g/mol. The molecule has 1 aliphatic carbocycles. The van der Waals surface area contributed by atoms with Gasteiger partial charge in [-0.3, -0.25) is 14.5 Å². The van der Waals surface area contributed by atoms with Gasteiger partial charge in [0, 0.05) is 42.6 Å². The van der Waals surface area contributed by atoms with Crippen molar-refractivity contribution in [1.82, 2.24) is 20.1 Å². The molecule has 4 aromatic rings. The number of carbonyl (C=O) groups is 3. The summed E-state index contributed by atoms with van der Waals surface area (Å²) in [7, 11) is 0. The Balaban J connectivity index is 1.28. The minimum absolute atomic E-state index is 0.0507. The summed E-state index contributed by atoms with van der Waals surface area (Å²) in [6.07, 6.45) is 3.03. The topological polar surface area (TPSA) is 140 Å². The van der Waals surface area contributed by atoms with Crippen LogP contribution in [0.5, 0.6) is 0 Å². The average molecular weight is 521 g/mol. The zero-order valence-corrected chi connectivity index (χ0v) is 21.2. The highest BCUT2D eigenvalue weighted by atomic mass is 32.1. The second kappa shape index (κ2) is 10.1. The Morgan fingerprint density at radius 2 is 2.05 bits per heavy atom. The summed E-state index contributed by atoms with van der Waals surface area (Å²) in [6, 6.07) is 7.93. The number of hydrogen-bond donors (Lipinski definition) is 1. The van der Waals surface area contributed by atoms with Crippen LogP contribution in [-0.2, 0) is 14.3 Å². The second-order valence-corrected chi connectivity index (χ2v) is 9.71. The highest BCUT2D eigenvalue weighted by Gasteiger charge is 2.38. The summed E-state index contributed by atoms with van der Waals surface area (Å²) in [4.78, 5) is 50.7. The molecule has 0 unspecified atom stereocenters. The highest BCUT2D eigenvalue weighted by molar-refractivity contribution is 7.17. The van der Waals surface area contributed by atoms with Crippen molar-refractivity contribution in [1.29, 1.82) is 0 Å². The molecule has 1 fully saturated rings. The van der Waals surface area contributed by atoms with Crippen LogP contribution in [-0.4, -0.2) is 51.0 Å². The zero-order valence-electron chi connectivity index (χ0n) is 20.4. The van der Waals surface area contributed by atoms with Crippen LogP contribution in [0.25, 0.3) is 22.2 Å². The molecule has 1 N–H and O–H groups in total. The molecule has 1 aliphatic rings. The van der Waals surface area contributed by atoms with Gasteiger partial charge in [0.05, 0.1) is 5.69 Å². The predicted molar refractivity (Wildman–Crippen MR) is 136 cm³/mol. The van der Waals surface area contributed by atoms with Crippen LogP contribution in [0.15, 0.2) is 35.0 Å². The number of thiazole rings is 1. The third-order valence-corrected chi connectivity index (χ3v) is 7.48. The molecule has 0 aliphatic heterocycles. The number of aromatic nitrogens is 4. The van der Waals surface area contributed by atoms with Crippen molar-refractivity contribution in [2.75, 3.05) is 16.8 Å². The lowest BCUT2D eigenvalue weighted by atomic mass is 9.79. The van der Waals surface area contributed by atoms with Crippen molar-refractivity contribution in [2.45, 2.75) is 39.7 Å². The van der Waals surface area contributed by atoms with Gasteiger partial charge in [-0.15, -0.1) is 0 Å². The molecule has 5 rings (SSSR count). The summed E-state index contributed by atoms with van der Waals surface area (Å²) < 4.78 is 9.54. The van der Waals surface area contributed by atoms with E-state index in [9.17, 15) is 14.4 Å². The Labute approximate surface area is 215 Å². The molecule has 1 saturated carbocycles. The summed E-state index contributed by atoms with van der Waals surface area (Å²) in [5, 5.41) is 9.85. The second-order valence-electron chi connectivity index (χ2n) is 8.74. The predicted octanol–water partition coefficient (Wildman–Crippen LogP) is 3.91. The van der Waals surface area contributed by atoms with E-state index in [1.54, 1.807) is 24.9 Å². The monoisotopic (exact) mass is 520 g/mol. The smallest absolute Gasteiger partial charge is 0.357 e. The van der Waals surface area contributed by atoms with Gasteiger partial charge in [-0.25, -0.2) is 14.8 Å². The van der Waals surface area contributed by atoms with Crippen LogP contribution < -0.4 is 10.2 Å². The van der Waals surface area contributed by atoms with Crippen molar-refractivity contribution >= 4 is 51.4 Å². The fourth-order valence-electron chi connectivity index (χ4n) is 4.36. The van der Waals surface area contributed by atoms with E-state index in [1.807, 2.05) is 31.2 Å². The average Bonchev–Trinajstić information content (AvgIpc) is 3.47. The van der Waals surface area contributed by atoms with Gasteiger partial charge in [-0.2, -0.15) is 4.98 Å². The molecule has 0 saturated heterocycles. The fraction of sp³-hybridized carbons (Fsp3) is 0.320. The molecule has 190 valence electrons. The SMILES string of the molecule is CCN(c1nc(C)c(C(=O)OC=O)s1)C(=O)[C@H]1C[C@@H](Nc2nccc3ccc(-c4noc(C)n4)cc23)C1. The Hall–Kier alpha value is -4.19. The summed E-state index contributed by atoms with van der Waals surface area (Å²) in [5.41, 5.74) is 1.25. The number of amides is 1. The van der Waals surface area contributed by atoms with E-state index in [1.165, 1.54) is 0 Å². The van der Waals surface area contributed by atoms with Gasteiger partial charge in [0.2, 0.25) is 17.6 Å². The van der Waals surface area contributed by atoms with Crippen LogP contribution >= 0.6 is 11.3 Å². The molecule has 3 aromatic heterocycles. The first-order valence-corrected chi connectivity index (χ1v) is 12.6. The molecule has 37 heavy (non-hydrogen) atoms. The first-order chi connectivity index (χ1) is 17.9. The zero-order chi connectivity index (χ0) is 26.1. The maximum absolute atomic E-state index is 13.2. The van der Waals surface area contributed by atoms with E-state index < -0.39 is 5.97 Å². The number of benzene rings is 1. The van der Waals surface area contributed by atoms with Gasteiger partial charge < -0.3 is 14.6 Å². The third-order valence-electron chi connectivity index (χ3n) is 6.32. The van der Waals surface area contributed by atoms with Gasteiger partial charge in [0.1, 0.15) is 10.7 Å². The van der Waals surface area contributed by atoms with E-state index in [2.05, 4.69) is 30.2 Å². The van der Waals surface area contributed by atoms with Gasteiger partial charge in [-0.1, -0.05) is 28.6 Å². The first kappa shape index (κ1) is 24.5. The van der Waals surface area contributed by atoms with Crippen LogP contribution in [0.1, 0.15) is 41.0 Å². The number of rotatable bonds is 8. The molecule has 0 bridgehead atoms. The Morgan fingerprint density at radius 1 is 1.24 bits per heavy atom. The van der Waals surface area contributed by atoms with E-state index in [4.69, 9.17) is 4.52 Å². The molecule has 11 nitrogen and oxygen atoms in total. The maximum Gasteiger partial charge on any atom is 0.357 e. The third kappa shape index (κ3) is 4.79. The largest absolute Gasteiger partial charge is 0.391 e. The van der Waals surface area contributed by atoms with E-state index in [-0.39, 0.29) is 29.2 Å². The van der Waals surface area contributed by atoms with Crippen LogP contribution in [0.4, 0.5) is 10.9 Å². The van der Waals surface area contributed by atoms with E-state index >= 15 is 0 Å². The Kier molecular flexibility index (Phi) is 6.66.